The van der Waals surface area contributed by atoms with Crippen LogP contribution < -0.4 is 0 Å². The Morgan fingerprint density at radius 2 is 1.64 bits per heavy atom. The van der Waals surface area contributed by atoms with E-state index in [1.165, 1.54) is 11.1 Å². The Hall–Kier alpha value is -2.88. The van der Waals surface area contributed by atoms with Crippen molar-refractivity contribution in [3.05, 3.63) is 77.6 Å². The smallest absolute Gasteiger partial charge is 0.177 e. The predicted octanol–water partition coefficient (Wildman–Crippen LogP) is 6.00. The Bertz CT molecular complexity index is 855. The summed E-state index contributed by atoms with van der Waals surface area (Å²) < 4.78 is 0. The molecule has 0 fully saturated rings. The fourth-order valence-electron chi connectivity index (χ4n) is 2.66. The van der Waals surface area contributed by atoms with Crippen molar-refractivity contribution >= 4 is 5.82 Å². The number of azo groups is 1. The van der Waals surface area contributed by atoms with E-state index in [0.717, 1.165) is 17.7 Å². The molecule has 0 N–H and O–H groups in total. The van der Waals surface area contributed by atoms with E-state index in [0.29, 0.717) is 11.6 Å². The lowest BCUT2D eigenvalue weighted by atomic mass is 10.0. The fraction of sp³-hybridized carbons (Fsp3) is 0.238. The van der Waals surface area contributed by atoms with Gasteiger partial charge in [-0.15, -0.1) is 5.11 Å². The number of aryl methyl sites for hydroxylation is 2. The van der Waals surface area contributed by atoms with Gasteiger partial charge in [0.2, 0.25) is 0 Å². The van der Waals surface area contributed by atoms with Crippen molar-refractivity contribution in [3.63, 3.8) is 0 Å². The highest BCUT2D eigenvalue weighted by Crippen LogP contribution is 2.25. The Morgan fingerprint density at radius 1 is 0.920 bits per heavy atom. The number of benzene rings is 2. The molecule has 126 valence electrons. The Kier molecular flexibility index (Phi) is 5.29. The van der Waals surface area contributed by atoms with Crippen LogP contribution in [0.1, 0.15) is 36.3 Å². The summed E-state index contributed by atoms with van der Waals surface area (Å²) in [7, 11) is 0. The predicted molar refractivity (Wildman–Crippen MR) is 101 cm³/mol. The van der Waals surface area contributed by atoms with Crippen LogP contribution in [-0.2, 0) is 0 Å². The molecular weight excluding hydrogens is 308 g/mol. The maximum atomic E-state index is 4.52. The molecule has 25 heavy (non-hydrogen) atoms. The minimum atomic E-state index is 0.0380. The van der Waals surface area contributed by atoms with Crippen molar-refractivity contribution in [1.29, 1.82) is 0 Å². The van der Waals surface area contributed by atoms with Crippen LogP contribution in [0.2, 0.25) is 0 Å². The van der Waals surface area contributed by atoms with E-state index in [2.05, 4.69) is 58.3 Å². The van der Waals surface area contributed by atoms with Gasteiger partial charge in [-0.1, -0.05) is 67.1 Å². The molecule has 0 aliphatic heterocycles. The van der Waals surface area contributed by atoms with E-state index in [-0.39, 0.29) is 6.04 Å². The fourth-order valence-corrected chi connectivity index (χ4v) is 2.66. The molecule has 3 aromatic rings. The van der Waals surface area contributed by atoms with Gasteiger partial charge in [0.05, 0.1) is 11.7 Å². The first-order chi connectivity index (χ1) is 12.2. The number of hydrogen-bond donors (Lipinski definition) is 0. The quantitative estimate of drug-likeness (QED) is 0.539. The van der Waals surface area contributed by atoms with E-state index in [1.807, 2.05) is 43.3 Å². The third kappa shape index (κ3) is 4.35. The molecule has 1 aromatic heterocycles. The minimum Gasteiger partial charge on any atom is -0.233 e. The van der Waals surface area contributed by atoms with Gasteiger partial charge in [0, 0.05) is 11.6 Å². The van der Waals surface area contributed by atoms with Crippen molar-refractivity contribution in [3.8, 4) is 11.3 Å². The van der Waals surface area contributed by atoms with Gasteiger partial charge in [-0.2, -0.15) is 5.11 Å². The molecule has 2 aromatic carbocycles. The normalized spacial score (nSPS) is 12.4. The number of aromatic nitrogens is 2. The van der Waals surface area contributed by atoms with Crippen molar-refractivity contribution in [2.45, 2.75) is 33.2 Å². The van der Waals surface area contributed by atoms with Gasteiger partial charge in [0.15, 0.2) is 5.82 Å². The summed E-state index contributed by atoms with van der Waals surface area (Å²) in [5, 5.41) is 8.92. The lowest BCUT2D eigenvalue weighted by Crippen LogP contribution is -1.94. The van der Waals surface area contributed by atoms with Crippen LogP contribution in [0.15, 0.2) is 70.9 Å². The van der Waals surface area contributed by atoms with Crippen LogP contribution in [0.25, 0.3) is 11.3 Å². The third-order valence-corrected chi connectivity index (χ3v) is 4.04. The zero-order valence-corrected chi connectivity index (χ0v) is 14.8. The van der Waals surface area contributed by atoms with Crippen LogP contribution in [0.5, 0.6) is 0 Å². The van der Waals surface area contributed by atoms with Crippen LogP contribution in [0.4, 0.5) is 5.82 Å². The first-order valence-corrected chi connectivity index (χ1v) is 8.54. The molecule has 1 heterocycles. The summed E-state index contributed by atoms with van der Waals surface area (Å²) in [6.07, 6.45) is 0.891. The summed E-state index contributed by atoms with van der Waals surface area (Å²) in [5.74, 6) is 1.29. The average Bonchev–Trinajstić information content (AvgIpc) is 2.64. The van der Waals surface area contributed by atoms with Crippen LogP contribution >= 0.6 is 0 Å². The zero-order chi connectivity index (χ0) is 17.6. The summed E-state index contributed by atoms with van der Waals surface area (Å²) >= 11 is 0. The Balaban J connectivity index is 1.87. The summed E-state index contributed by atoms with van der Waals surface area (Å²) in [6, 6.07) is 20.4. The highest BCUT2D eigenvalue weighted by molar-refractivity contribution is 5.61. The maximum Gasteiger partial charge on any atom is 0.177 e. The van der Waals surface area contributed by atoms with Gasteiger partial charge in [-0.3, -0.25) is 0 Å². The van der Waals surface area contributed by atoms with E-state index in [9.17, 15) is 0 Å². The highest BCUT2D eigenvalue weighted by Gasteiger charge is 2.08. The molecule has 1 atom stereocenters. The third-order valence-electron chi connectivity index (χ3n) is 4.04. The lowest BCUT2D eigenvalue weighted by molar-refractivity contribution is 0.662. The standard InChI is InChI=1S/C21H22N4/c1-4-19(18-12-10-15(2)11-13-18)24-25-21-14-20(22-16(3)23-21)17-8-6-5-7-9-17/h5-14,19H,4H2,1-3H3. The van der Waals surface area contributed by atoms with Gasteiger partial charge < -0.3 is 0 Å². The largest absolute Gasteiger partial charge is 0.233 e. The van der Waals surface area contributed by atoms with Crippen molar-refractivity contribution < 1.29 is 0 Å². The molecule has 0 amide bonds. The van der Waals surface area contributed by atoms with E-state index in [4.69, 9.17) is 0 Å². The first kappa shape index (κ1) is 17.0. The van der Waals surface area contributed by atoms with Gasteiger partial charge >= 0.3 is 0 Å². The monoisotopic (exact) mass is 330 g/mol. The second-order valence-corrected chi connectivity index (χ2v) is 6.07. The highest BCUT2D eigenvalue weighted by atomic mass is 15.2. The molecule has 4 heteroatoms. The molecule has 1 unspecified atom stereocenters. The average molecular weight is 330 g/mol. The zero-order valence-electron chi connectivity index (χ0n) is 14.8. The summed E-state index contributed by atoms with van der Waals surface area (Å²) in [4.78, 5) is 8.91. The van der Waals surface area contributed by atoms with Gasteiger partial charge in [0.25, 0.3) is 0 Å². The second kappa shape index (κ2) is 7.79. The van der Waals surface area contributed by atoms with E-state index in [1.54, 1.807) is 0 Å². The number of hydrogen-bond acceptors (Lipinski definition) is 4. The summed E-state index contributed by atoms with van der Waals surface area (Å²) in [6.45, 7) is 6.08. The van der Waals surface area contributed by atoms with Gasteiger partial charge in [0.1, 0.15) is 5.82 Å². The van der Waals surface area contributed by atoms with Crippen molar-refractivity contribution in [2.75, 3.05) is 0 Å². The minimum absolute atomic E-state index is 0.0380. The molecular formula is C21H22N4. The molecule has 0 saturated heterocycles. The molecule has 3 rings (SSSR count). The van der Waals surface area contributed by atoms with Crippen molar-refractivity contribution in [1.82, 2.24) is 9.97 Å². The van der Waals surface area contributed by atoms with E-state index >= 15 is 0 Å². The van der Waals surface area contributed by atoms with E-state index < -0.39 is 0 Å². The Morgan fingerprint density at radius 3 is 2.32 bits per heavy atom. The lowest BCUT2D eigenvalue weighted by Gasteiger charge is -2.09. The van der Waals surface area contributed by atoms with Crippen LogP contribution in [0.3, 0.4) is 0 Å². The topological polar surface area (TPSA) is 50.5 Å². The summed E-state index contributed by atoms with van der Waals surface area (Å²) in [5.41, 5.74) is 4.33. The molecule has 0 radical (unpaired) electrons. The SMILES string of the molecule is CCC(N=Nc1cc(-c2ccccc2)nc(C)n1)c1ccc(C)cc1. The van der Waals surface area contributed by atoms with Crippen molar-refractivity contribution in [2.24, 2.45) is 10.2 Å². The molecule has 0 bridgehead atoms. The second-order valence-electron chi connectivity index (χ2n) is 6.07. The molecule has 0 saturated carbocycles. The van der Waals surface area contributed by atoms with Gasteiger partial charge in [-0.25, -0.2) is 9.97 Å². The molecule has 0 spiro atoms. The Labute approximate surface area is 148 Å². The van der Waals surface area contributed by atoms with Crippen LogP contribution in [-0.4, -0.2) is 9.97 Å². The molecule has 0 aliphatic rings. The molecule has 4 nitrogen and oxygen atoms in total. The van der Waals surface area contributed by atoms with Gasteiger partial charge in [-0.05, 0) is 25.8 Å². The van der Waals surface area contributed by atoms with Crippen LogP contribution in [0, 0.1) is 13.8 Å². The first-order valence-electron chi connectivity index (χ1n) is 8.54. The number of rotatable bonds is 5. The maximum absolute atomic E-state index is 4.52. The number of nitrogens with zero attached hydrogens (tertiary/aromatic N) is 4. The molecule has 0 aliphatic carbocycles.